The van der Waals surface area contributed by atoms with Crippen LogP contribution in [0.4, 0.5) is 4.39 Å². The highest BCUT2D eigenvalue weighted by Crippen LogP contribution is 2.18. The minimum atomic E-state index is -1.65. The van der Waals surface area contributed by atoms with Crippen LogP contribution in [0.5, 0.6) is 5.75 Å². The van der Waals surface area contributed by atoms with E-state index in [0.717, 1.165) is 0 Å². The first-order valence-corrected chi connectivity index (χ1v) is 4.35. The average molecular weight is 198 g/mol. The molecule has 0 fully saturated rings. The molecule has 0 radical (unpaired) electrons. The summed E-state index contributed by atoms with van der Waals surface area (Å²) >= 11 is 0. The molecular weight excluding hydrogens is 186 g/mol. The van der Waals surface area contributed by atoms with Gasteiger partial charge >= 0.3 is 7.12 Å². The predicted octanol–water partition coefficient (Wildman–Crippen LogP) is 0.213. The van der Waals surface area contributed by atoms with E-state index >= 15 is 0 Å². The van der Waals surface area contributed by atoms with Crippen LogP contribution in [0.1, 0.15) is 12.5 Å². The Morgan fingerprint density at radius 1 is 1.43 bits per heavy atom. The molecular formula is C9H12BFO3. The van der Waals surface area contributed by atoms with E-state index in [-0.39, 0.29) is 16.8 Å². The summed E-state index contributed by atoms with van der Waals surface area (Å²) in [5.74, 6) is -0.410. The van der Waals surface area contributed by atoms with Crippen LogP contribution in [0.2, 0.25) is 0 Å². The third-order valence-electron chi connectivity index (χ3n) is 1.97. The second-order valence-corrected chi connectivity index (χ2v) is 2.90. The van der Waals surface area contributed by atoms with Gasteiger partial charge in [-0.15, -0.1) is 0 Å². The molecule has 5 heteroatoms. The van der Waals surface area contributed by atoms with E-state index < -0.39 is 12.9 Å². The molecule has 1 aromatic rings. The third kappa shape index (κ3) is 2.05. The molecule has 0 bridgehead atoms. The highest BCUT2D eigenvalue weighted by molar-refractivity contribution is 6.59. The van der Waals surface area contributed by atoms with Crippen molar-refractivity contribution in [2.24, 2.45) is 0 Å². The highest BCUT2D eigenvalue weighted by atomic mass is 19.1. The summed E-state index contributed by atoms with van der Waals surface area (Å²) in [6.45, 7) is 3.60. The molecule has 0 spiro atoms. The fourth-order valence-corrected chi connectivity index (χ4v) is 1.22. The topological polar surface area (TPSA) is 49.7 Å². The van der Waals surface area contributed by atoms with Crippen molar-refractivity contribution in [3.8, 4) is 5.75 Å². The van der Waals surface area contributed by atoms with Crippen LogP contribution >= 0.6 is 0 Å². The van der Waals surface area contributed by atoms with E-state index in [2.05, 4.69) is 0 Å². The average Bonchev–Trinajstić information content (AvgIpc) is 2.13. The van der Waals surface area contributed by atoms with Gasteiger partial charge < -0.3 is 14.8 Å². The molecule has 0 aliphatic carbocycles. The van der Waals surface area contributed by atoms with Gasteiger partial charge in [0.1, 0.15) is 0 Å². The van der Waals surface area contributed by atoms with E-state index in [9.17, 15) is 4.39 Å². The summed E-state index contributed by atoms with van der Waals surface area (Å²) in [4.78, 5) is 0. The first kappa shape index (κ1) is 11.0. The predicted molar refractivity (Wildman–Crippen MR) is 52.1 cm³/mol. The van der Waals surface area contributed by atoms with Gasteiger partial charge in [-0.25, -0.2) is 4.39 Å². The lowest BCUT2D eigenvalue weighted by molar-refractivity contribution is 0.321. The zero-order valence-corrected chi connectivity index (χ0v) is 8.12. The van der Waals surface area contributed by atoms with Crippen LogP contribution in [-0.2, 0) is 0 Å². The van der Waals surface area contributed by atoms with E-state index in [1.165, 1.54) is 19.1 Å². The van der Waals surface area contributed by atoms with Gasteiger partial charge in [0.2, 0.25) is 0 Å². The number of rotatable bonds is 3. The Morgan fingerprint density at radius 2 is 2.07 bits per heavy atom. The summed E-state index contributed by atoms with van der Waals surface area (Å²) < 4.78 is 18.5. The number of hydrogen-bond acceptors (Lipinski definition) is 3. The maximum atomic E-state index is 13.5. The largest absolute Gasteiger partial charge is 0.491 e. The summed E-state index contributed by atoms with van der Waals surface area (Å²) in [6.07, 6.45) is 0. The molecule has 3 nitrogen and oxygen atoms in total. The molecule has 0 aliphatic rings. The second-order valence-electron chi connectivity index (χ2n) is 2.90. The lowest BCUT2D eigenvalue weighted by Crippen LogP contribution is -2.32. The maximum Gasteiger partial charge on any atom is 0.488 e. The molecule has 0 amide bonds. The van der Waals surface area contributed by atoms with Crippen molar-refractivity contribution < 1.29 is 19.2 Å². The molecule has 0 saturated heterocycles. The number of hydrogen-bond donors (Lipinski definition) is 2. The van der Waals surface area contributed by atoms with Crippen molar-refractivity contribution in [3.63, 3.8) is 0 Å². The molecule has 0 heterocycles. The third-order valence-corrected chi connectivity index (χ3v) is 1.97. The van der Waals surface area contributed by atoms with Crippen molar-refractivity contribution in [3.05, 3.63) is 23.5 Å². The molecule has 0 atom stereocenters. The van der Waals surface area contributed by atoms with Crippen LogP contribution in [0.15, 0.2) is 12.1 Å². The van der Waals surface area contributed by atoms with Gasteiger partial charge in [0.15, 0.2) is 11.6 Å². The van der Waals surface area contributed by atoms with Gasteiger partial charge in [-0.2, -0.15) is 0 Å². The molecule has 0 unspecified atom stereocenters. The van der Waals surface area contributed by atoms with Crippen LogP contribution in [0.3, 0.4) is 0 Å². The smallest absolute Gasteiger partial charge is 0.488 e. The summed E-state index contributed by atoms with van der Waals surface area (Å²) in [5, 5.41) is 17.8. The Hall–Kier alpha value is -1.07. The van der Waals surface area contributed by atoms with E-state index in [0.29, 0.717) is 6.61 Å². The first-order valence-electron chi connectivity index (χ1n) is 4.35. The fourth-order valence-electron chi connectivity index (χ4n) is 1.22. The van der Waals surface area contributed by atoms with Gasteiger partial charge in [-0.1, -0.05) is 6.07 Å². The van der Waals surface area contributed by atoms with Crippen LogP contribution in [-0.4, -0.2) is 23.8 Å². The van der Waals surface area contributed by atoms with E-state index in [1.807, 2.05) is 0 Å². The van der Waals surface area contributed by atoms with Crippen molar-refractivity contribution in [1.82, 2.24) is 0 Å². The zero-order valence-electron chi connectivity index (χ0n) is 8.12. The Kier molecular flexibility index (Phi) is 3.49. The fraction of sp³-hybridized carbons (Fsp3) is 0.333. The molecule has 1 rings (SSSR count). The Labute approximate surface area is 82.3 Å². The van der Waals surface area contributed by atoms with Crippen LogP contribution in [0.25, 0.3) is 0 Å². The molecule has 0 aromatic heterocycles. The highest BCUT2D eigenvalue weighted by Gasteiger charge is 2.18. The Bertz CT molecular complexity index is 328. The van der Waals surface area contributed by atoms with Gasteiger partial charge in [-0.05, 0) is 30.9 Å². The normalized spacial score (nSPS) is 10.1. The number of benzene rings is 1. The monoisotopic (exact) mass is 198 g/mol. The van der Waals surface area contributed by atoms with Crippen molar-refractivity contribution in [2.45, 2.75) is 13.8 Å². The number of ether oxygens (including phenoxy) is 1. The van der Waals surface area contributed by atoms with Crippen molar-refractivity contribution in [1.29, 1.82) is 0 Å². The molecule has 1 aromatic carbocycles. The van der Waals surface area contributed by atoms with E-state index in [4.69, 9.17) is 14.8 Å². The lowest BCUT2D eigenvalue weighted by atomic mass is 9.77. The van der Waals surface area contributed by atoms with Crippen LogP contribution < -0.4 is 10.2 Å². The maximum absolute atomic E-state index is 13.5. The summed E-state index contributed by atoms with van der Waals surface area (Å²) in [5.41, 5.74) is 0.358. The molecule has 0 saturated carbocycles. The molecule has 14 heavy (non-hydrogen) atoms. The van der Waals surface area contributed by atoms with Crippen LogP contribution in [0, 0.1) is 12.7 Å². The minimum absolute atomic E-state index is 0.134. The van der Waals surface area contributed by atoms with E-state index in [1.54, 1.807) is 6.92 Å². The van der Waals surface area contributed by atoms with Gasteiger partial charge in [0, 0.05) is 0 Å². The van der Waals surface area contributed by atoms with Crippen molar-refractivity contribution >= 4 is 12.6 Å². The second kappa shape index (κ2) is 4.44. The molecule has 0 aliphatic heterocycles. The van der Waals surface area contributed by atoms with Crippen molar-refractivity contribution in [2.75, 3.05) is 6.61 Å². The van der Waals surface area contributed by atoms with Gasteiger partial charge in [0.25, 0.3) is 0 Å². The zero-order chi connectivity index (χ0) is 10.7. The first-order chi connectivity index (χ1) is 6.57. The summed E-state index contributed by atoms with van der Waals surface area (Å²) in [6, 6.07) is 2.83. The standard InChI is InChI=1S/C9H12BFO3/c1-3-14-8-5-4-7(10(12)13)6(2)9(8)11/h4-5,12-13H,3H2,1-2H3. The molecule has 2 N–H and O–H groups in total. The minimum Gasteiger partial charge on any atom is -0.491 e. The lowest BCUT2D eigenvalue weighted by Gasteiger charge is -2.10. The quantitative estimate of drug-likeness (QED) is 0.682. The van der Waals surface area contributed by atoms with Gasteiger partial charge in [0.05, 0.1) is 6.61 Å². The summed E-state index contributed by atoms with van der Waals surface area (Å²) in [7, 11) is -1.65. The number of halogens is 1. The SMILES string of the molecule is CCOc1ccc(B(O)O)c(C)c1F. The molecule has 76 valence electrons. The van der Waals surface area contributed by atoms with Gasteiger partial charge in [-0.3, -0.25) is 0 Å². The Morgan fingerprint density at radius 3 is 2.57 bits per heavy atom. The Balaban J connectivity index is 3.12.